The van der Waals surface area contributed by atoms with Crippen molar-refractivity contribution in [1.29, 1.82) is 0 Å². The number of nitrogens with one attached hydrogen (secondary N) is 1. The Balaban J connectivity index is 2.49. The second-order valence-corrected chi connectivity index (χ2v) is 7.24. The van der Waals surface area contributed by atoms with Crippen LogP contribution in [0, 0.1) is 5.82 Å². The first-order valence-electron chi connectivity index (χ1n) is 5.93. The summed E-state index contributed by atoms with van der Waals surface area (Å²) in [5.74, 6) is -1.07. The normalized spacial score (nSPS) is 19.7. The lowest BCUT2D eigenvalue weighted by atomic mass is 10.0. The van der Waals surface area contributed by atoms with Crippen molar-refractivity contribution in [2.75, 3.05) is 13.1 Å². The highest BCUT2D eigenvalue weighted by Crippen LogP contribution is 2.28. The molecule has 1 amide bonds. The van der Waals surface area contributed by atoms with E-state index in [-0.39, 0.29) is 28.9 Å². The lowest BCUT2D eigenvalue weighted by Crippen LogP contribution is -2.63. The van der Waals surface area contributed by atoms with Gasteiger partial charge >= 0.3 is 0 Å². The molecule has 1 aromatic carbocycles. The highest BCUT2D eigenvalue weighted by molar-refractivity contribution is 7.89. The van der Waals surface area contributed by atoms with Crippen molar-refractivity contribution in [3.8, 4) is 0 Å². The molecule has 0 aromatic heterocycles. The van der Waals surface area contributed by atoms with Crippen LogP contribution in [-0.4, -0.2) is 37.3 Å². The molecule has 1 aliphatic heterocycles. The number of amides is 1. The van der Waals surface area contributed by atoms with Gasteiger partial charge in [0.25, 0.3) is 0 Å². The quantitative estimate of drug-likeness (QED) is 0.895. The molecule has 0 bridgehead atoms. The average molecular weight is 321 g/mol. The van der Waals surface area contributed by atoms with Crippen LogP contribution in [-0.2, 0) is 14.8 Å². The lowest BCUT2D eigenvalue weighted by molar-refractivity contribution is -0.131. The lowest BCUT2D eigenvalue weighted by Gasteiger charge is -2.39. The van der Waals surface area contributed by atoms with Gasteiger partial charge in [-0.3, -0.25) is 4.79 Å². The number of piperazine rings is 1. The third-order valence-corrected chi connectivity index (χ3v) is 5.62. The first-order chi connectivity index (χ1) is 9.17. The number of nitrogens with zero attached hydrogens (tertiary/aromatic N) is 1. The predicted molar refractivity (Wildman–Crippen MR) is 72.4 cm³/mol. The molecule has 0 radical (unpaired) electrons. The fourth-order valence-corrected chi connectivity index (χ4v) is 4.09. The molecule has 0 saturated carbocycles. The number of carbonyl (C=O) groups is 1. The zero-order chi connectivity index (χ0) is 15.1. The standard InChI is InChI=1S/C12H14ClFN2O3S/c1-12(2)11(17)15-5-6-16(12)20(18,19)8-3-4-10(14)9(13)7-8/h3-4,7H,5-6H2,1-2H3,(H,15,17). The zero-order valence-corrected chi connectivity index (χ0v) is 12.6. The number of hydrogen-bond acceptors (Lipinski definition) is 3. The van der Waals surface area contributed by atoms with E-state index >= 15 is 0 Å². The van der Waals surface area contributed by atoms with E-state index in [1.165, 1.54) is 13.8 Å². The van der Waals surface area contributed by atoms with Crippen molar-refractivity contribution in [2.24, 2.45) is 0 Å². The summed E-state index contributed by atoms with van der Waals surface area (Å²) in [5, 5.41) is 2.34. The van der Waals surface area contributed by atoms with Crippen LogP contribution in [0.2, 0.25) is 5.02 Å². The second kappa shape index (κ2) is 4.98. The minimum Gasteiger partial charge on any atom is -0.353 e. The summed E-state index contributed by atoms with van der Waals surface area (Å²) in [6.07, 6.45) is 0. The molecule has 1 fully saturated rings. The Morgan fingerprint density at radius 1 is 1.40 bits per heavy atom. The molecule has 0 spiro atoms. The van der Waals surface area contributed by atoms with Crippen LogP contribution in [0.1, 0.15) is 13.8 Å². The monoisotopic (exact) mass is 320 g/mol. The smallest absolute Gasteiger partial charge is 0.244 e. The van der Waals surface area contributed by atoms with E-state index < -0.39 is 21.4 Å². The van der Waals surface area contributed by atoms with Crippen LogP contribution in [0.5, 0.6) is 0 Å². The summed E-state index contributed by atoms with van der Waals surface area (Å²) < 4.78 is 39.4. The highest BCUT2D eigenvalue weighted by atomic mass is 35.5. The molecule has 1 N–H and O–H groups in total. The molecular formula is C12H14ClFN2O3S. The molecule has 8 heteroatoms. The summed E-state index contributed by atoms with van der Waals surface area (Å²) in [7, 11) is -3.92. The van der Waals surface area contributed by atoms with E-state index in [2.05, 4.69) is 5.32 Å². The SMILES string of the molecule is CC1(C)C(=O)NCCN1S(=O)(=O)c1ccc(F)c(Cl)c1. The molecule has 0 aliphatic carbocycles. The van der Waals surface area contributed by atoms with Crippen LogP contribution in [0.3, 0.4) is 0 Å². The van der Waals surface area contributed by atoms with Crippen molar-refractivity contribution in [2.45, 2.75) is 24.3 Å². The molecule has 5 nitrogen and oxygen atoms in total. The summed E-state index contributed by atoms with van der Waals surface area (Å²) >= 11 is 5.62. The van der Waals surface area contributed by atoms with E-state index in [1.54, 1.807) is 0 Å². The van der Waals surface area contributed by atoms with Gasteiger partial charge in [-0.25, -0.2) is 12.8 Å². The van der Waals surface area contributed by atoms with Gasteiger partial charge in [-0.15, -0.1) is 0 Å². The average Bonchev–Trinajstić information content (AvgIpc) is 2.35. The molecule has 1 saturated heterocycles. The van der Waals surface area contributed by atoms with Crippen molar-refractivity contribution >= 4 is 27.5 Å². The fraction of sp³-hybridized carbons (Fsp3) is 0.417. The molecule has 1 aliphatic rings. The number of carbonyl (C=O) groups excluding carboxylic acids is 1. The minimum absolute atomic E-state index is 0.133. The Bertz CT molecular complexity index is 661. The molecule has 0 unspecified atom stereocenters. The molecule has 110 valence electrons. The van der Waals surface area contributed by atoms with Crippen LogP contribution >= 0.6 is 11.6 Å². The Labute approximate surface area is 121 Å². The number of halogens is 2. The van der Waals surface area contributed by atoms with Gasteiger partial charge < -0.3 is 5.32 Å². The molecule has 20 heavy (non-hydrogen) atoms. The van der Waals surface area contributed by atoms with Crippen LogP contribution in [0.25, 0.3) is 0 Å². The van der Waals surface area contributed by atoms with Crippen molar-refractivity contribution in [3.05, 3.63) is 29.0 Å². The number of hydrogen-bond donors (Lipinski definition) is 1. The topological polar surface area (TPSA) is 66.5 Å². The van der Waals surface area contributed by atoms with Gasteiger partial charge in [-0.2, -0.15) is 4.31 Å². The Morgan fingerprint density at radius 2 is 2.05 bits per heavy atom. The Kier molecular flexibility index (Phi) is 3.79. The largest absolute Gasteiger partial charge is 0.353 e. The molecular weight excluding hydrogens is 307 g/mol. The fourth-order valence-electron chi connectivity index (χ4n) is 2.07. The van der Waals surface area contributed by atoms with Gasteiger partial charge in [0.15, 0.2) is 0 Å². The Morgan fingerprint density at radius 3 is 2.65 bits per heavy atom. The summed E-state index contributed by atoms with van der Waals surface area (Å²) in [6.45, 7) is 3.42. The van der Waals surface area contributed by atoms with Gasteiger partial charge in [0.2, 0.25) is 15.9 Å². The van der Waals surface area contributed by atoms with Gasteiger partial charge in [-0.05, 0) is 32.0 Å². The summed E-state index contributed by atoms with van der Waals surface area (Å²) in [4.78, 5) is 11.7. The van der Waals surface area contributed by atoms with Crippen LogP contribution in [0.4, 0.5) is 4.39 Å². The number of benzene rings is 1. The zero-order valence-electron chi connectivity index (χ0n) is 11.0. The van der Waals surface area contributed by atoms with Gasteiger partial charge in [-0.1, -0.05) is 11.6 Å². The molecule has 2 rings (SSSR count). The van der Waals surface area contributed by atoms with Crippen molar-refractivity contribution < 1.29 is 17.6 Å². The minimum atomic E-state index is -3.92. The molecule has 1 heterocycles. The van der Waals surface area contributed by atoms with E-state index in [9.17, 15) is 17.6 Å². The van der Waals surface area contributed by atoms with Gasteiger partial charge in [0, 0.05) is 13.1 Å². The molecule has 0 atom stereocenters. The van der Waals surface area contributed by atoms with E-state index in [1.807, 2.05) is 0 Å². The van der Waals surface area contributed by atoms with Crippen molar-refractivity contribution in [1.82, 2.24) is 9.62 Å². The maximum atomic E-state index is 13.1. The first-order valence-corrected chi connectivity index (χ1v) is 7.75. The number of sulfonamides is 1. The maximum Gasteiger partial charge on any atom is 0.244 e. The predicted octanol–water partition coefficient (Wildman–Crippen LogP) is 1.38. The maximum absolute atomic E-state index is 13.1. The third kappa shape index (κ3) is 2.41. The van der Waals surface area contributed by atoms with E-state index in [0.717, 1.165) is 22.5 Å². The second-order valence-electron chi connectivity index (χ2n) is 4.97. The summed E-state index contributed by atoms with van der Waals surface area (Å²) in [5.41, 5.74) is -1.21. The molecule has 1 aromatic rings. The van der Waals surface area contributed by atoms with Gasteiger partial charge in [0.1, 0.15) is 11.4 Å². The summed E-state index contributed by atoms with van der Waals surface area (Å²) in [6, 6.07) is 3.18. The third-order valence-electron chi connectivity index (χ3n) is 3.26. The number of rotatable bonds is 2. The van der Waals surface area contributed by atoms with Crippen LogP contribution < -0.4 is 5.32 Å². The van der Waals surface area contributed by atoms with Gasteiger partial charge in [0.05, 0.1) is 9.92 Å². The Hall–Kier alpha value is -1.18. The van der Waals surface area contributed by atoms with E-state index in [4.69, 9.17) is 11.6 Å². The van der Waals surface area contributed by atoms with E-state index in [0.29, 0.717) is 0 Å². The highest BCUT2D eigenvalue weighted by Gasteiger charge is 2.44. The van der Waals surface area contributed by atoms with Crippen LogP contribution in [0.15, 0.2) is 23.1 Å². The first kappa shape index (κ1) is 15.2. The van der Waals surface area contributed by atoms with Crippen molar-refractivity contribution in [3.63, 3.8) is 0 Å².